The number of benzene rings is 2. The van der Waals surface area contributed by atoms with Crippen molar-refractivity contribution in [2.24, 2.45) is 0 Å². The van der Waals surface area contributed by atoms with Crippen molar-refractivity contribution < 1.29 is 13.2 Å². The van der Waals surface area contributed by atoms with Gasteiger partial charge in [-0.25, -0.2) is 8.42 Å². The zero-order valence-electron chi connectivity index (χ0n) is 15.9. The van der Waals surface area contributed by atoms with E-state index in [-0.39, 0.29) is 18.2 Å². The van der Waals surface area contributed by atoms with E-state index < -0.39 is 10.0 Å². The van der Waals surface area contributed by atoms with Crippen LogP contribution < -0.4 is 5.32 Å². The normalized spacial score (nSPS) is 16.0. The maximum atomic E-state index is 12.6. The summed E-state index contributed by atoms with van der Waals surface area (Å²) >= 11 is 1.62. The van der Waals surface area contributed by atoms with Crippen LogP contribution in [0.5, 0.6) is 0 Å². The fourth-order valence-corrected chi connectivity index (χ4v) is 5.12. The number of hydrogen-bond donors (Lipinski definition) is 1. The lowest BCUT2D eigenvalue weighted by Crippen LogP contribution is -2.50. The van der Waals surface area contributed by atoms with Crippen LogP contribution in [0.25, 0.3) is 0 Å². The maximum absolute atomic E-state index is 12.6. The summed E-state index contributed by atoms with van der Waals surface area (Å²) in [5.41, 5.74) is 1.57. The summed E-state index contributed by atoms with van der Waals surface area (Å²) in [6.07, 6.45) is 1.99. The van der Waals surface area contributed by atoms with Gasteiger partial charge in [0.2, 0.25) is 15.9 Å². The van der Waals surface area contributed by atoms with Crippen molar-refractivity contribution >= 4 is 33.4 Å². The molecule has 0 saturated carbocycles. The summed E-state index contributed by atoms with van der Waals surface area (Å²) in [4.78, 5) is 15.4. The largest absolute Gasteiger partial charge is 0.325 e. The molecule has 3 rings (SSSR count). The van der Waals surface area contributed by atoms with Crippen LogP contribution in [0.1, 0.15) is 5.56 Å². The molecule has 1 saturated heterocycles. The van der Waals surface area contributed by atoms with Crippen molar-refractivity contribution in [2.45, 2.75) is 10.6 Å². The number of nitrogens with zero attached hydrogens (tertiary/aromatic N) is 2. The first-order valence-corrected chi connectivity index (χ1v) is 12.0. The van der Waals surface area contributed by atoms with Gasteiger partial charge in [0.1, 0.15) is 0 Å². The number of carbonyl (C=O) groups is 1. The smallest absolute Gasteiger partial charge is 0.238 e. The number of piperazine rings is 1. The Morgan fingerprint density at radius 3 is 2.43 bits per heavy atom. The quantitative estimate of drug-likeness (QED) is 0.699. The maximum Gasteiger partial charge on any atom is 0.238 e. The standard InChI is InChI=1S/C20H25N3O3S2/c1-27-19-9-5-8-18(14-19)21-20(24)15-22-10-12-23(13-11-22)28(25,26)16-17-6-3-2-4-7-17/h2-9,14H,10-13,15-16H2,1H3,(H,21,24). The van der Waals surface area contributed by atoms with Gasteiger partial charge in [0.25, 0.3) is 0 Å². The average molecular weight is 420 g/mol. The molecule has 0 aliphatic carbocycles. The van der Waals surface area contributed by atoms with Crippen molar-refractivity contribution in [3.8, 4) is 0 Å². The number of hydrogen-bond acceptors (Lipinski definition) is 5. The molecule has 2 aromatic carbocycles. The second-order valence-electron chi connectivity index (χ2n) is 6.70. The topological polar surface area (TPSA) is 69.7 Å². The number of nitrogens with one attached hydrogen (secondary N) is 1. The van der Waals surface area contributed by atoms with Crippen LogP contribution in [0.15, 0.2) is 59.5 Å². The highest BCUT2D eigenvalue weighted by Gasteiger charge is 2.27. The number of rotatable bonds is 7. The summed E-state index contributed by atoms with van der Waals surface area (Å²) in [5.74, 6) is -0.0704. The summed E-state index contributed by atoms with van der Waals surface area (Å²) in [7, 11) is -3.34. The molecule has 1 N–H and O–H groups in total. The molecule has 2 aromatic rings. The van der Waals surface area contributed by atoms with Gasteiger partial charge < -0.3 is 5.32 Å². The number of sulfonamides is 1. The van der Waals surface area contributed by atoms with Crippen LogP contribution >= 0.6 is 11.8 Å². The third kappa shape index (κ3) is 5.81. The van der Waals surface area contributed by atoms with Gasteiger partial charge in [-0.2, -0.15) is 4.31 Å². The molecule has 0 unspecified atom stereocenters. The molecule has 8 heteroatoms. The Morgan fingerprint density at radius 2 is 1.75 bits per heavy atom. The summed E-state index contributed by atoms with van der Waals surface area (Å²) in [6, 6.07) is 16.9. The highest BCUT2D eigenvalue weighted by atomic mass is 32.2. The van der Waals surface area contributed by atoms with Gasteiger partial charge in [0.15, 0.2) is 0 Å². The van der Waals surface area contributed by atoms with Crippen LogP contribution in [0.2, 0.25) is 0 Å². The van der Waals surface area contributed by atoms with Crippen LogP contribution in [0.4, 0.5) is 5.69 Å². The number of anilines is 1. The van der Waals surface area contributed by atoms with Crippen molar-refractivity contribution in [2.75, 3.05) is 44.3 Å². The lowest BCUT2D eigenvalue weighted by atomic mass is 10.2. The SMILES string of the molecule is CSc1cccc(NC(=O)CN2CCN(S(=O)(=O)Cc3ccccc3)CC2)c1. The molecule has 0 bridgehead atoms. The first-order valence-electron chi connectivity index (χ1n) is 9.14. The molecule has 1 aliphatic heterocycles. The highest BCUT2D eigenvalue weighted by molar-refractivity contribution is 7.98. The monoisotopic (exact) mass is 419 g/mol. The van der Waals surface area contributed by atoms with Crippen molar-refractivity contribution in [3.63, 3.8) is 0 Å². The summed E-state index contributed by atoms with van der Waals surface area (Å²) in [5, 5.41) is 2.91. The lowest BCUT2D eigenvalue weighted by molar-refractivity contribution is -0.117. The third-order valence-electron chi connectivity index (χ3n) is 4.64. The second kappa shape index (κ2) is 9.56. The first kappa shape index (κ1) is 20.9. The van der Waals surface area contributed by atoms with Gasteiger partial charge in [0, 0.05) is 36.8 Å². The minimum atomic E-state index is -3.34. The van der Waals surface area contributed by atoms with E-state index in [4.69, 9.17) is 0 Å². The second-order valence-corrected chi connectivity index (χ2v) is 9.55. The number of amides is 1. The van der Waals surface area contributed by atoms with Gasteiger partial charge in [-0.1, -0.05) is 36.4 Å². The van der Waals surface area contributed by atoms with Gasteiger partial charge in [-0.3, -0.25) is 9.69 Å². The van der Waals surface area contributed by atoms with E-state index in [2.05, 4.69) is 5.32 Å². The number of thioether (sulfide) groups is 1. The first-order chi connectivity index (χ1) is 13.5. The molecular formula is C20H25N3O3S2. The van der Waals surface area contributed by atoms with Crippen LogP contribution in [-0.2, 0) is 20.6 Å². The Balaban J connectivity index is 1.48. The van der Waals surface area contributed by atoms with Crippen molar-refractivity contribution in [1.82, 2.24) is 9.21 Å². The highest BCUT2D eigenvalue weighted by Crippen LogP contribution is 2.19. The zero-order chi connectivity index (χ0) is 20.0. The molecule has 0 radical (unpaired) electrons. The molecule has 0 spiro atoms. The molecule has 1 heterocycles. The predicted octanol–water partition coefficient (Wildman–Crippen LogP) is 2.49. The van der Waals surface area contributed by atoms with Crippen LogP contribution in [-0.4, -0.2) is 62.5 Å². The van der Waals surface area contributed by atoms with Gasteiger partial charge in [-0.05, 0) is 30.0 Å². The van der Waals surface area contributed by atoms with E-state index in [1.807, 2.05) is 65.8 Å². The molecule has 6 nitrogen and oxygen atoms in total. The molecule has 1 aliphatic rings. The molecule has 0 aromatic heterocycles. The molecule has 0 atom stereocenters. The van der Waals surface area contributed by atoms with E-state index in [0.29, 0.717) is 26.2 Å². The van der Waals surface area contributed by atoms with E-state index in [9.17, 15) is 13.2 Å². The molecule has 1 fully saturated rings. The van der Waals surface area contributed by atoms with Crippen molar-refractivity contribution in [1.29, 1.82) is 0 Å². The van der Waals surface area contributed by atoms with Crippen molar-refractivity contribution in [3.05, 3.63) is 60.2 Å². The minimum Gasteiger partial charge on any atom is -0.325 e. The Hall–Kier alpha value is -1.87. The van der Waals surface area contributed by atoms with E-state index >= 15 is 0 Å². The molecule has 1 amide bonds. The fourth-order valence-electron chi connectivity index (χ4n) is 3.15. The van der Waals surface area contributed by atoms with Gasteiger partial charge in [-0.15, -0.1) is 11.8 Å². The third-order valence-corrected chi connectivity index (χ3v) is 7.21. The zero-order valence-corrected chi connectivity index (χ0v) is 17.5. The molecular weight excluding hydrogens is 394 g/mol. The Kier molecular flexibility index (Phi) is 7.12. The van der Waals surface area contributed by atoms with Gasteiger partial charge in [0.05, 0.1) is 12.3 Å². The summed E-state index contributed by atoms with van der Waals surface area (Å²) in [6.45, 7) is 2.17. The minimum absolute atomic E-state index is 0.0140. The van der Waals surface area contributed by atoms with E-state index in [1.165, 1.54) is 4.31 Å². The van der Waals surface area contributed by atoms with Crippen LogP contribution in [0.3, 0.4) is 0 Å². The average Bonchev–Trinajstić information content (AvgIpc) is 2.69. The number of carbonyl (C=O) groups excluding carboxylic acids is 1. The Morgan fingerprint density at radius 1 is 1.04 bits per heavy atom. The lowest BCUT2D eigenvalue weighted by Gasteiger charge is -2.33. The van der Waals surface area contributed by atoms with E-state index in [0.717, 1.165) is 16.1 Å². The van der Waals surface area contributed by atoms with E-state index in [1.54, 1.807) is 11.8 Å². The summed E-state index contributed by atoms with van der Waals surface area (Å²) < 4.78 is 26.7. The molecule has 150 valence electrons. The van der Waals surface area contributed by atoms with Gasteiger partial charge >= 0.3 is 0 Å². The Labute approximate surface area is 171 Å². The molecule has 28 heavy (non-hydrogen) atoms. The predicted molar refractivity (Wildman–Crippen MR) is 114 cm³/mol. The van der Waals surface area contributed by atoms with Crippen LogP contribution in [0, 0.1) is 0 Å². The Bertz CT molecular complexity index is 896. The fraction of sp³-hybridized carbons (Fsp3) is 0.350.